The number of carbonyl (C=O) groups is 1. The molecule has 0 fully saturated rings. The summed E-state index contributed by atoms with van der Waals surface area (Å²) in [5.74, 6) is -0.702. The lowest BCUT2D eigenvalue weighted by Crippen LogP contribution is -2.05. The van der Waals surface area contributed by atoms with E-state index in [4.69, 9.17) is 0 Å². The second-order valence-corrected chi connectivity index (χ2v) is 5.80. The first kappa shape index (κ1) is 14.5. The third-order valence-electron chi connectivity index (χ3n) is 1.94. The average Bonchev–Trinajstić information content (AvgIpc) is 2.23. The maximum atomic E-state index is 12.4. The van der Waals surface area contributed by atoms with Gasteiger partial charge in [0.15, 0.2) is 0 Å². The second-order valence-electron chi connectivity index (χ2n) is 3.39. The number of esters is 1. The van der Waals surface area contributed by atoms with Crippen molar-refractivity contribution in [2.45, 2.75) is 4.90 Å². The molecular formula is C10H9F5O2S. The van der Waals surface area contributed by atoms with Gasteiger partial charge >= 0.3 is 16.2 Å². The Kier molecular flexibility index (Phi) is 2.99. The van der Waals surface area contributed by atoms with Gasteiger partial charge in [0.2, 0.25) is 0 Å². The van der Waals surface area contributed by atoms with E-state index in [1.54, 1.807) is 0 Å². The summed E-state index contributed by atoms with van der Waals surface area (Å²) in [7, 11) is -8.50. The van der Waals surface area contributed by atoms with Gasteiger partial charge in [-0.05, 0) is 23.8 Å². The number of hydrogen-bond donors (Lipinski definition) is 0. The predicted molar refractivity (Wildman–Crippen MR) is 58.9 cm³/mol. The molecule has 0 radical (unpaired) electrons. The smallest absolute Gasteiger partial charge is 0.330 e. The number of halogens is 5. The molecule has 0 aromatic heterocycles. The Balaban J connectivity index is 3.03. The average molecular weight is 288 g/mol. The molecule has 1 rings (SSSR count). The summed E-state index contributed by atoms with van der Waals surface area (Å²) in [4.78, 5) is 8.74. The van der Waals surface area contributed by atoms with Gasteiger partial charge in [0.25, 0.3) is 0 Å². The monoisotopic (exact) mass is 288 g/mol. The van der Waals surface area contributed by atoms with Gasteiger partial charge in [-0.1, -0.05) is 31.6 Å². The molecular weight excluding hydrogens is 279 g/mol. The third-order valence-corrected chi connectivity index (χ3v) is 3.10. The predicted octanol–water partition coefficient (Wildman–Crippen LogP) is 4.53. The van der Waals surface area contributed by atoms with E-state index in [9.17, 15) is 24.2 Å². The number of hydrogen-bond acceptors (Lipinski definition) is 2. The number of ether oxygens (including phenoxy) is 1. The summed E-state index contributed by atoms with van der Waals surface area (Å²) in [6.07, 6.45) is 2.12. The minimum atomic E-state index is -9.63. The molecule has 102 valence electrons. The van der Waals surface area contributed by atoms with E-state index in [0.29, 0.717) is 0 Å². The molecule has 1 aromatic carbocycles. The molecule has 0 saturated carbocycles. The van der Waals surface area contributed by atoms with Crippen molar-refractivity contribution >= 4 is 22.3 Å². The fourth-order valence-corrected chi connectivity index (χ4v) is 1.72. The van der Waals surface area contributed by atoms with E-state index in [0.717, 1.165) is 31.4 Å². The van der Waals surface area contributed by atoms with E-state index < -0.39 is 21.1 Å². The normalized spacial score (nSPS) is 16.1. The Hall–Kier alpha value is -1.57. The molecule has 0 saturated heterocycles. The fraction of sp³-hybridized carbons (Fsp3) is 0.100. The minimum Gasteiger partial charge on any atom is -0.466 e. The second kappa shape index (κ2) is 3.71. The van der Waals surface area contributed by atoms with Crippen molar-refractivity contribution in [3.8, 4) is 0 Å². The highest BCUT2D eigenvalue weighted by Crippen LogP contribution is 3.02. The van der Waals surface area contributed by atoms with Gasteiger partial charge < -0.3 is 4.74 Å². The number of benzene rings is 1. The summed E-state index contributed by atoms with van der Waals surface area (Å²) >= 11 is 0. The molecule has 0 atom stereocenters. The lowest BCUT2D eigenvalue weighted by molar-refractivity contribution is -0.134. The van der Waals surface area contributed by atoms with Crippen LogP contribution in [0.4, 0.5) is 19.4 Å². The maximum Gasteiger partial charge on any atom is 0.330 e. The molecule has 2 nitrogen and oxygen atoms in total. The first-order chi connectivity index (χ1) is 7.92. The maximum absolute atomic E-state index is 12.4. The summed E-state index contributed by atoms with van der Waals surface area (Å²) in [5, 5.41) is 0. The highest BCUT2D eigenvalue weighted by atomic mass is 32.5. The van der Waals surface area contributed by atoms with Crippen LogP contribution >= 0.6 is 10.2 Å². The minimum absolute atomic E-state index is 0.172. The molecule has 0 N–H and O–H groups in total. The first-order valence-corrected chi connectivity index (χ1v) is 6.48. The highest BCUT2D eigenvalue weighted by molar-refractivity contribution is 8.45. The van der Waals surface area contributed by atoms with Crippen LogP contribution in [0.3, 0.4) is 0 Å². The zero-order chi connectivity index (χ0) is 14.1. The molecule has 0 spiro atoms. The van der Waals surface area contributed by atoms with Crippen LogP contribution in [-0.4, -0.2) is 13.1 Å². The zero-order valence-electron chi connectivity index (χ0n) is 9.08. The summed E-state index contributed by atoms with van der Waals surface area (Å²) < 4.78 is 66.0. The topological polar surface area (TPSA) is 26.3 Å². The van der Waals surface area contributed by atoms with Crippen molar-refractivity contribution in [1.29, 1.82) is 0 Å². The standard InChI is InChI=1S/C10H9F5O2S/c1-17-10(16)7-4-8-2-5-9(6-3-8)18(11,12,13,14)15/h2-7H,1H3. The molecule has 0 amide bonds. The van der Waals surface area contributed by atoms with Crippen molar-refractivity contribution in [2.24, 2.45) is 0 Å². The van der Waals surface area contributed by atoms with Gasteiger partial charge in [-0.15, -0.1) is 0 Å². The van der Waals surface area contributed by atoms with Crippen molar-refractivity contribution in [3.63, 3.8) is 0 Å². The van der Waals surface area contributed by atoms with Gasteiger partial charge in [0.1, 0.15) is 4.90 Å². The van der Waals surface area contributed by atoms with Crippen LogP contribution in [-0.2, 0) is 9.53 Å². The largest absolute Gasteiger partial charge is 0.466 e. The molecule has 0 bridgehead atoms. The quantitative estimate of drug-likeness (QED) is 0.464. The molecule has 0 aliphatic carbocycles. The lowest BCUT2D eigenvalue weighted by atomic mass is 10.2. The molecule has 1 aromatic rings. The molecule has 0 aliphatic rings. The van der Waals surface area contributed by atoms with Crippen LogP contribution in [0.25, 0.3) is 6.08 Å². The van der Waals surface area contributed by atoms with Gasteiger partial charge in [0, 0.05) is 6.08 Å². The van der Waals surface area contributed by atoms with E-state index in [1.165, 1.54) is 0 Å². The Morgan fingerprint density at radius 1 is 1.11 bits per heavy atom. The fourth-order valence-electron chi connectivity index (χ4n) is 1.07. The van der Waals surface area contributed by atoms with E-state index in [-0.39, 0.29) is 17.7 Å². The lowest BCUT2D eigenvalue weighted by Gasteiger charge is -2.40. The summed E-state index contributed by atoms with van der Waals surface area (Å²) in [5.41, 5.74) is 0.172. The van der Waals surface area contributed by atoms with Gasteiger partial charge in [-0.25, -0.2) is 4.79 Å². The summed E-state index contributed by atoms with van der Waals surface area (Å²) in [6, 6.07) is 2.23. The van der Waals surface area contributed by atoms with Crippen LogP contribution < -0.4 is 0 Å². The molecule has 18 heavy (non-hydrogen) atoms. The number of methoxy groups -OCH3 is 1. The van der Waals surface area contributed by atoms with E-state index >= 15 is 0 Å². The third kappa shape index (κ3) is 4.02. The highest BCUT2D eigenvalue weighted by Gasteiger charge is 2.65. The van der Waals surface area contributed by atoms with Crippen LogP contribution in [0.15, 0.2) is 35.2 Å². The van der Waals surface area contributed by atoms with Crippen LogP contribution in [0.5, 0.6) is 0 Å². The first-order valence-electron chi connectivity index (χ1n) is 4.52. The van der Waals surface area contributed by atoms with Crippen LogP contribution in [0.1, 0.15) is 5.56 Å². The van der Waals surface area contributed by atoms with Crippen molar-refractivity contribution in [2.75, 3.05) is 7.11 Å². The van der Waals surface area contributed by atoms with Crippen LogP contribution in [0.2, 0.25) is 0 Å². The molecule has 0 aliphatic heterocycles. The Morgan fingerprint density at radius 3 is 2.00 bits per heavy atom. The zero-order valence-corrected chi connectivity index (χ0v) is 9.90. The van der Waals surface area contributed by atoms with Crippen molar-refractivity contribution < 1.29 is 29.0 Å². The number of rotatable bonds is 3. The summed E-state index contributed by atoms with van der Waals surface area (Å²) in [6.45, 7) is 0. The molecule has 0 unspecified atom stereocenters. The van der Waals surface area contributed by atoms with Gasteiger partial charge in [0.05, 0.1) is 7.11 Å². The van der Waals surface area contributed by atoms with Crippen LogP contribution in [0, 0.1) is 0 Å². The Morgan fingerprint density at radius 2 is 1.61 bits per heavy atom. The van der Waals surface area contributed by atoms with E-state index in [2.05, 4.69) is 4.74 Å². The Bertz CT molecular complexity index is 489. The van der Waals surface area contributed by atoms with Gasteiger partial charge in [-0.2, -0.15) is 0 Å². The molecule has 8 heteroatoms. The number of carbonyl (C=O) groups excluding carboxylic acids is 1. The Labute approximate surface area is 99.8 Å². The van der Waals surface area contributed by atoms with Gasteiger partial charge in [-0.3, -0.25) is 0 Å². The van der Waals surface area contributed by atoms with Crippen molar-refractivity contribution in [3.05, 3.63) is 35.9 Å². The molecule has 0 heterocycles. The SMILES string of the molecule is COC(=O)C=Cc1ccc(S(F)(F)(F)(F)F)cc1. The van der Waals surface area contributed by atoms with Crippen molar-refractivity contribution in [1.82, 2.24) is 0 Å². The van der Waals surface area contributed by atoms with E-state index in [1.807, 2.05) is 0 Å².